The van der Waals surface area contributed by atoms with Gasteiger partial charge in [0, 0.05) is 22.6 Å². The van der Waals surface area contributed by atoms with Crippen LogP contribution in [0.4, 0.5) is 10.8 Å². The monoisotopic (exact) mass is 315 g/mol. The summed E-state index contributed by atoms with van der Waals surface area (Å²) in [6.45, 7) is 2.27. The van der Waals surface area contributed by atoms with Crippen molar-refractivity contribution in [2.75, 3.05) is 5.32 Å². The molecule has 0 aliphatic carbocycles. The first-order valence-corrected chi connectivity index (χ1v) is 7.48. The zero-order chi connectivity index (χ0) is 15.5. The predicted octanol–water partition coefficient (Wildman–Crippen LogP) is 4.23. The zero-order valence-electron chi connectivity index (χ0n) is 11.8. The molecule has 0 saturated heterocycles. The first-order chi connectivity index (χ1) is 10.6. The topological polar surface area (TPSA) is 81.2 Å². The number of anilines is 1. The molecule has 0 fully saturated rings. The number of rotatable bonds is 5. The van der Waals surface area contributed by atoms with Crippen LogP contribution < -0.4 is 5.32 Å². The lowest BCUT2D eigenvalue weighted by Crippen LogP contribution is -1.97. The fraction of sp³-hybridized carbons (Fsp3) is 0.133. The van der Waals surface area contributed by atoms with Gasteiger partial charge in [-0.3, -0.25) is 10.1 Å². The van der Waals surface area contributed by atoms with Gasteiger partial charge in [-0.05, 0) is 19.1 Å². The van der Waals surface area contributed by atoms with Crippen LogP contribution in [0.3, 0.4) is 0 Å². The van der Waals surface area contributed by atoms with Crippen molar-refractivity contribution in [3.63, 3.8) is 0 Å². The van der Waals surface area contributed by atoms with Crippen LogP contribution in [0.2, 0.25) is 0 Å². The van der Waals surface area contributed by atoms with Crippen molar-refractivity contribution in [3.8, 4) is 11.3 Å². The van der Waals surface area contributed by atoms with Gasteiger partial charge < -0.3 is 9.73 Å². The van der Waals surface area contributed by atoms with Gasteiger partial charge in [0.15, 0.2) is 5.13 Å². The molecule has 0 aliphatic rings. The van der Waals surface area contributed by atoms with E-state index in [9.17, 15) is 10.1 Å². The van der Waals surface area contributed by atoms with E-state index in [0.29, 0.717) is 12.1 Å². The molecule has 0 radical (unpaired) electrons. The summed E-state index contributed by atoms with van der Waals surface area (Å²) < 4.78 is 5.24. The minimum Gasteiger partial charge on any atom is -0.467 e. The van der Waals surface area contributed by atoms with Crippen molar-refractivity contribution in [3.05, 3.63) is 63.4 Å². The Labute approximate surface area is 130 Å². The summed E-state index contributed by atoms with van der Waals surface area (Å²) in [4.78, 5) is 15.1. The van der Waals surface area contributed by atoms with Crippen LogP contribution in [-0.4, -0.2) is 9.91 Å². The molecule has 3 rings (SSSR count). The summed E-state index contributed by atoms with van der Waals surface area (Å²) in [5.41, 5.74) is 2.20. The average molecular weight is 315 g/mol. The number of furan rings is 1. The molecule has 1 N–H and O–H groups in total. The Morgan fingerprint density at radius 2 is 2.27 bits per heavy atom. The van der Waals surface area contributed by atoms with E-state index in [4.69, 9.17) is 4.42 Å². The highest BCUT2D eigenvalue weighted by atomic mass is 32.1. The van der Waals surface area contributed by atoms with E-state index in [1.807, 2.05) is 23.6 Å². The van der Waals surface area contributed by atoms with Crippen LogP contribution in [-0.2, 0) is 6.54 Å². The molecule has 1 aromatic carbocycles. The third-order valence-corrected chi connectivity index (χ3v) is 4.00. The van der Waals surface area contributed by atoms with Gasteiger partial charge in [-0.15, -0.1) is 11.3 Å². The second-order valence-electron chi connectivity index (χ2n) is 4.73. The van der Waals surface area contributed by atoms with Gasteiger partial charge in [-0.1, -0.05) is 12.1 Å². The summed E-state index contributed by atoms with van der Waals surface area (Å²) in [6.07, 6.45) is 1.62. The molecular weight excluding hydrogens is 302 g/mol. The standard InChI is InChI=1S/C15H13N3O3S/c1-10-4-5-11(7-14(10)18(19)20)13-9-22-15(17-13)16-8-12-3-2-6-21-12/h2-7,9H,8H2,1H3,(H,16,17). The van der Waals surface area contributed by atoms with Gasteiger partial charge in [-0.2, -0.15) is 0 Å². The fourth-order valence-corrected chi connectivity index (χ4v) is 2.75. The van der Waals surface area contributed by atoms with Crippen LogP contribution in [0.1, 0.15) is 11.3 Å². The number of nitrogens with one attached hydrogen (secondary N) is 1. The van der Waals surface area contributed by atoms with E-state index >= 15 is 0 Å². The van der Waals surface area contributed by atoms with Gasteiger partial charge in [0.1, 0.15) is 5.76 Å². The Balaban J connectivity index is 1.78. The number of nitro groups is 1. The number of aromatic nitrogens is 1. The number of hydrogen-bond donors (Lipinski definition) is 1. The highest BCUT2D eigenvalue weighted by Gasteiger charge is 2.13. The second kappa shape index (κ2) is 5.98. The molecule has 2 heterocycles. The van der Waals surface area contributed by atoms with E-state index in [2.05, 4.69) is 10.3 Å². The molecule has 0 spiro atoms. The van der Waals surface area contributed by atoms with E-state index in [0.717, 1.165) is 22.1 Å². The first kappa shape index (κ1) is 14.3. The number of hydrogen-bond acceptors (Lipinski definition) is 6. The maximum Gasteiger partial charge on any atom is 0.272 e. The molecule has 2 aromatic heterocycles. The third-order valence-electron chi connectivity index (χ3n) is 3.20. The average Bonchev–Trinajstić information content (AvgIpc) is 3.17. The maximum absolute atomic E-state index is 11.0. The van der Waals surface area contributed by atoms with E-state index in [1.165, 1.54) is 11.3 Å². The predicted molar refractivity (Wildman–Crippen MR) is 85.0 cm³/mol. The van der Waals surface area contributed by atoms with Crippen LogP contribution >= 0.6 is 11.3 Å². The van der Waals surface area contributed by atoms with Crippen LogP contribution in [0.25, 0.3) is 11.3 Å². The quantitative estimate of drug-likeness (QED) is 0.563. The zero-order valence-corrected chi connectivity index (χ0v) is 12.6. The molecule has 7 heteroatoms. The van der Waals surface area contributed by atoms with E-state index in [1.54, 1.807) is 25.3 Å². The largest absolute Gasteiger partial charge is 0.467 e. The lowest BCUT2D eigenvalue weighted by molar-refractivity contribution is -0.385. The summed E-state index contributed by atoms with van der Waals surface area (Å²) in [7, 11) is 0. The lowest BCUT2D eigenvalue weighted by atomic mass is 10.1. The number of nitro benzene ring substituents is 1. The second-order valence-corrected chi connectivity index (χ2v) is 5.59. The molecule has 0 aliphatic heterocycles. The van der Waals surface area contributed by atoms with Gasteiger partial charge in [0.25, 0.3) is 5.69 Å². The van der Waals surface area contributed by atoms with E-state index < -0.39 is 0 Å². The van der Waals surface area contributed by atoms with Crippen molar-refractivity contribution in [2.45, 2.75) is 13.5 Å². The highest BCUT2D eigenvalue weighted by Crippen LogP contribution is 2.29. The van der Waals surface area contributed by atoms with Gasteiger partial charge >= 0.3 is 0 Å². The van der Waals surface area contributed by atoms with Gasteiger partial charge in [-0.25, -0.2) is 4.98 Å². The third kappa shape index (κ3) is 2.99. The molecule has 6 nitrogen and oxygen atoms in total. The number of nitrogens with zero attached hydrogens (tertiary/aromatic N) is 2. The minimum atomic E-state index is -0.374. The smallest absolute Gasteiger partial charge is 0.272 e. The number of thiazole rings is 1. The number of aryl methyl sites for hydroxylation is 1. The van der Waals surface area contributed by atoms with Crippen LogP contribution in [0, 0.1) is 17.0 Å². The molecule has 3 aromatic rings. The molecule has 112 valence electrons. The Morgan fingerprint density at radius 3 is 3.00 bits per heavy atom. The van der Waals surface area contributed by atoms with Crippen molar-refractivity contribution >= 4 is 22.2 Å². The molecule has 22 heavy (non-hydrogen) atoms. The summed E-state index contributed by atoms with van der Waals surface area (Å²) in [6, 6.07) is 8.84. The van der Waals surface area contributed by atoms with Crippen molar-refractivity contribution in [1.29, 1.82) is 0 Å². The summed E-state index contributed by atoms with van der Waals surface area (Å²) >= 11 is 1.45. The first-order valence-electron chi connectivity index (χ1n) is 6.60. The molecule has 0 bridgehead atoms. The Morgan fingerprint density at radius 1 is 1.41 bits per heavy atom. The van der Waals surface area contributed by atoms with Crippen LogP contribution in [0.5, 0.6) is 0 Å². The minimum absolute atomic E-state index is 0.107. The van der Waals surface area contributed by atoms with Gasteiger partial charge in [0.2, 0.25) is 0 Å². The molecule has 0 saturated carbocycles. The Kier molecular flexibility index (Phi) is 3.88. The summed E-state index contributed by atoms with van der Waals surface area (Å²) in [5, 5.41) is 16.8. The Bertz CT molecular complexity index is 796. The molecule has 0 atom stereocenters. The molecular formula is C15H13N3O3S. The fourth-order valence-electron chi connectivity index (χ4n) is 2.03. The summed E-state index contributed by atoms with van der Waals surface area (Å²) in [5.74, 6) is 0.822. The van der Waals surface area contributed by atoms with Crippen molar-refractivity contribution < 1.29 is 9.34 Å². The highest BCUT2D eigenvalue weighted by molar-refractivity contribution is 7.14. The number of benzene rings is 1. The molecule has 0 unspecified atom stereocenters. The van der Waals surface area contributed by atoms with Crippen molar-refractivity contribution in [1.82, 2.24) is 4.98 Å². The molecule has 0 amide bonds. The van der Waals surface area contributed by atoms with Gasteiger partial charge in [0.05, 0.1) is 23.4 Å². The normalized spacial score (nSPS) is 10.6. The lowest BCUT2D eigenvalue weighted by Gasteiger charge is -2.01. The van der Waals surface area contributed by atoms with Crippen molar-refractivity contribution in [2.24, 2.45) is 0 Å². The maximum atomic E-state index is 11.0. The van der Waals surface area contributed by atoms with E-state index in [-0.39, 0.29) is 10.6 Å². The SMILES string of the molecule is Cc1ccc(-c2csc(NCc3ccco3)n2)cc1[N+](=O)[O-]. The van der Waals surface area contributed by atoms with Crippen LogP contribution in [0.15, 0.2) is 46.4 Å². The Hall–Kier alpha value is -2.67.